The molecular formula is C28H36F3NO3. The van der Waals surface area contributed by atoms with Gasteiger partial charge in [0.15, 0.2) is 0 Å². The number of fused-ring (bicyclic) bond motifs is 1. The molecule has 7 heteroatoms. The lowest BCUT2D eigenvalue weighted by Crippen LogP contribution is -2.38. The zero-order chi connectivity index (χ0) is 25.2. The maximum atomic E-state index is 14.4. The summed E-state index contributed by atoms with van der Waals surface area (Å²) in [5.41, 5.74) is 0.147. The predicted octanol–water partition coefficient (Wildman–Crippen LogP) is 7.45. The molecule has 35 heavy (non-hydrogen) atoms. The molecule has 192 valence electrons. The molecule has 1 N–H and O–H groups in total. The highest BCUT2D eigenvalue weighted by atomic mass is 19.4. The van der Waals surface area contributed by atoms with Gasteiger partial charge in [-0.05, 0) is 92.4 Å². The molecular weight excluding hydrogens is 455 g/mol. The van der Waals surface area contributed by atoms with Crippen molar-refractivity contribution in [2.75, 3.05) is 13.1 Å². The maximum Gasteiger partial charge on any atom is 0.420 e. The molecule has 2 fully saturated rings. The zero-order valence-corrected chi connectivity index (χ0v) is 20.6. The van der Waals surface area contributed by atoms with Gasteiger partial charge in [-0.2, -0.15) is 13.2 Å². The van der Waals surface area contributed by atoms with Gasteiger partial charge in [-0.15, -0.1) is 0 Å². The lowest BCUT2D eigenvalue weighted by molar-refractivity contribution is -0.143. The van der Waals surface area contributed by atoms with Gasteiger partial charge in [0.05, 0.1) is 12.0 Å². The number of hydrogen-bond acceptors (Lipinski definition) is 3. The van der Waals surface area contributed by atoms with Crippen molar-refractivity contribution in [3.05, 3.63) is 41.5 Å². The van der Waals surface area contributed by atoms with Crippen molar-refractivity contribution in [1.82, 2.24) is 4.90 Å². The van der Waals surface area contributed by atoms with E-state index in [-0.39, 0.29) is 29.2 Å². The van der Waals surface area contributed by atoms with Gasteiger partial charge in [0.1, 0.15) is 11.3 Å². The van der Waals surface area contributed by atoms with Crippen LogP contribution in [0.1, 0.15) is 82.4 Å². The molecule has 1 saturated carbocycles. The average molecular weight is 492 g/mol. The third-order valence-electron chi connectivity index (χ3n) is 8.05. The predicted molar refractivity (Wildman–Crippen MR) is 131 cm³/mol. The molecule has 0 bridgehead atoms. The number of ether oxygens (including phenoxy) is 1. The molecule has 1 heterocycles. The number of rotatable bonds is 7. The fraction of sp³-hybridized carbons (Fsp3) is 0.607. The van der Waals surface area contributed by atoms with Crippen LogP contribution in [0.3, 0.4) is 0 Å². The molecule has 4 nitrogen and oxygen atoms in total. The lowest BCUT2D eigenvalue weighted by Gasteiger charge is -2.36. The number of piperidine rings is 1. The molecule has 1 aliphatic heterocycles. The van der Waals surface area contributed by atoms with Crippen LogP contribution in [0.5, 0.6) is 5.75 Å². The van der Waals surface area contributed by atoms with E-state index in [1.807, 2.05) is 13.0 Å². The molecule has 1 atom stereocenters. The molecule has 1 unspecified atom stereocenters. The average Bonchev–Trinajstić information content (AvgIpc) is 2.84. The summed E-state index contributed by atoms with van der Waals surface area (Å²) in [4.78, 5) is 13.5. The summed E-state index contributed by atoms with van der Waals surface area (Å²) >= 11 is 0. The van der Waals surface area contributed by atoms with Crippen molar-refractivity contribution < 1.29 is 27.8 Å². The van der Waals surface area contributed by atoms with Crippen LogP contribution in [0.25, 0.3) is 10.8 Å². The topological polar surface area (TPSA) is 49.8 Å². The minimum absolute atomic E-state index is 0.0517. The number of carboxylic acids is 1. The van der Waals surface area contributed by atoms with Crippen LogP contribution in [0.2, 0.25) is 0 Å². The fourth-order valence-electron chi connectivity index (χ4n) is 5.92. The Bertz CT molecular complexity index is 1020. The summed E-state index contributed by atoms with van der Waals surface area (Å²) in [7, 11) is 0. The molecule has 0 amide bonds. The second-order valence-electron chi connectivity index (χ2n) is 10.2. The van der Waals surface area contributed by atoms with Crippen molar-refractivity contribution in [3.8, 4) is 5.75 Å². The third kappa shape index (κ3) is 5.76. The Labute approximate surface area is 205 Å². The molecule has 1 saturated heterocycles. The minimum atomic E-state index is -4.53. The molecule has 0 spiro atoms. The zero-order valence-electron chi connectivity index (χ0n) is 20.6. The Morgan fingerprint density at radius 1 is 1.06 bits per heavy atom. The van der Waals surface area contributed by atoms with Gasteiger partial charge in [-0.25, -0.2) is 0 Å². The number of alkyl halides is 3. The number of carbonyl (C=O) groups is 1. The lowest BCUT2D eigenvalue weighted by atomic mass is 9.86. The first-order valence-corrected chi connectivity index (χ1v) is 13.0. The van der Waals surface area contributed by atoms with E-state index in [9.17, 15) is 23.1 Å². The van der Waals surface area contributed by atoms with Gasteiger partial charge < -0.3 is 9.84 Å². The van der Waals surface area contributed by atoms with E-state index in [1.165, 1.54) is 6.07 Å². The van der Waals surface area contributed by atoms with Crippen LogP contribution in [0.4, 0.5) is 13.2 Å². The van der Waals surface area contributed by atoms with E-state index in [4.69, 9.17) is 4.74 Å². The van der Waals surface area contributed by atoms with Gasteiger partial charge in [0, 0.05) is 6.04 Å². The van der Waals surface area contributed by atoms with Gasteiger partial charge in [0.25, 0.3) is 0 Å². The second-order valence-corrected chi connectivity index (χ2v) is 10.2. The van der Waals surface area contributed by atoms with Crippen molar-refractivity contribution in [2.45, 2.75) is 83.5 Å². The van der Waals surface area contributed by atoms with E-state index in [2.05, 4.69) is 11.8 Å². The van der Waals surface area contributed by atoms with Crippen molar-refractivity contribution in [2.24, 2.45) is 11.8 Å². The Hall–Kier alpha value is -2.28. The first kappa shape index (κ1) is 25.8. The molecule has 2 aromatic rings. The quantitative estimate of drug-likeness (QED) is 0.437. The summed E-state index contributed by atoms with van der Waals surface area (Å²) in [6.45, 7) is 5.44. The Kier molecular flexibility index (Phi) is 7.94. The van der Waals surface area contributed by atoms with Crippen LogP contribution >= 0.6 is 0 Å². The molecule has 2 aliphatic rings. The molecule has 2 aromatic carbocycles. The number of carboxylic acid groups (broad SMARTS) is 1. The van der Waals surface area contributed by atoms with E-state index < -0.39 is 17.7 Å². The van der Waals surface area contributed by atoms with E-state index >= 15 is 0 Å². The summed E-state index contributed by atoms with van der Waals surface area (Å²) in [5.74, 6) is -0.543. The standard InChI is InChI=1S/C28H36F3NO3/c1-3-18-5-10-22(11-6-18)35-25-12-9-19-7-8-21(17-23(19)26(25)28(29,30)31)24(4-2)32-15-13-20(14-16-32)27(33)34/h7-9,12,17-18,20,22,24H,3-6,10-11,13-16H2,1-2H3,(H,33,34)/t18-,22+,24?. The maximum absolute atomic E-state index is 14.4. The SMILES string of the molecule is CCC(c1ccc2ccc(O[C@H]3CC[C@@H](CC)CC3)c(C(F)(F)F)c2c1)N1CCC(C(=O)O)CC1. The number of aliphatic carboxylic acids is 1. The Morgan fingerprint density at radius 2 is 1.71 bits per heavy atom. The smallest absolute Gasteiger partial charge is 0.420 e. The van der Waals surface area contributed by atoms with E-state index in [0.717, 1.165) is 44.1 Å². The number of hydrogen-bond donors (Lipinski definition) is 1. The first-order chi connectivity index (χ1) is 16.7. The number of likely N-dealkylation sites (tertiary alicyclic amines) is 1. The molecule has 0 aromatic heterocycles. The summed E-state index contributed by atoms with van der Waals surface area (Å²) in [5, 5.41) is 10.0. The highest BCUT2D eigenvalue weighted by Gasteiger charge is 2.38. The van der Waals surface area contributed by atoms with Crippen LogP contribution < -0.4 is 4.74 Å². The normalized spacial score (nSPS) is 23.3. The number of benzene rings is 2. The van der Waals surface area contributed by atoms with Crippen LogP contribution in [0.15, 0.2) is 30.3 Å². The highest BCUT2D eigenvalue weighted by Crippen LogP contribution is 2.44. The third-order valence-corrected chi connectivity index (χ3v) is 8.05. The van der Waals surface area contributed by atoms with Gasteiger partial charge in [0.2, 0.25) is 0 Å². The highest BCUT2D eigenvalue weighted by molar-refractivity contribution is 5.89. The first-order valence-electron chi connectivity index (χ1n) is 13.0. The van der Waals surface area contributed by atoms with Gasteiger partial charge >= 0.3 is 12.1 Å². The monoisotopic (exact) mass is 491 g/mol. The molecule has 0 radical (unpaired) electrons. The van der Waals surface area contributed by atoms with Crippen LogP contribution in [-0.4, -0.2) is 35.2 Å². The van der Waals surface area contributed by atoms with Gasteiger partial charge in [-0.3, -0.25) is 9.69 Å². The van der Waals surface area contributed by atoms with Crippen LogP contribution in [-0.2, 0) is 11.0 Å². The van der Waals surface area contributed by atoms with Crippen LogP contribution in [0, 0.1) is 11.8 Å². The van der Waals surface area contributed by atoms with Crippen molar-refractivity contribution in [3.63, 3.8) is 0 Å². The summed E-state index contributed by atoms with van der Waals surface area (Å²) < 4.78 is 49.2. The summed E-state index contributed by atoms with van der Waals surface area (Å²) in [6, 6.07) is 8.50. The molecule has 1 aliphatic carbocycles. The number of halogens is 3. The van der Waals surface area contributed by atoms with E-state index in [0.29, 0.717) is 37.2 Å². The minimum Gasteiger partial charge on any atom is -0.490 e. The van der Waals surface area contributed by atoms with E-state index in [1.54, 1.807) is 18.2 Å². The molecule has 4 rings (SSSR count). The Morgan fingerprint density at radius 3 is 2.29 bits per heavy atom. The second kappa shape index (κ2) is 10.8. The number of nitrogens with zero attached hydrogens (tertiary/aromatic N) is 1. The van der Waals surface area contributed by atoms with Crippen molar-refractivity contribution >= 4 is 16.7 Å². The fourth-order valence-corrected chi connectivity index (χ4v) is 5.92. The largest absolute Gasteiger partial charge is 0.490 e. The summed E-state index contributed by atoms with van der Waals surface area (Å²) in [6.07, 6.45) is 1.82. The van der Waals surface area contributed by atoms with Gasteiger partial charge in [-0.1, -0.05) is 38.5 Å². The Balaban J connectivity index is 1.64. The van der Waals surface area contributed by atoms with Crippen molar-refractivity contribution in [1.29, 1.82) is 0 Å².